The Balaban J connectivity index is 2.20. The summed E-state index contributed by atoms with van der Waals surface area (Å²) in [5.41, 5.74) is 7.21. The van der Waals surface area contributed by atoms with E-state index in [1.54, 1.807) is 19.1 Å². The Labute approximate surface area is 127 Å². The molecule has 0 fully saturated rings. The molecule has 0 aliphatic heterocycles. The normalized spacial score (nSPS) is 11.7. The third-order valence-corrected chi connectivity index (χ3v) is 3.22. The number of nitriles is 1. The van der Waals surface area contributed by atoms with E-state index in [1.807, 2.05) is 18.2 Å². The lowest BCUT2D eigenvalue weighted by atomic mass is 10.1. The maximum absolute atomic E-state index is 12.2. The number of aryl methyl sites for hydroxylation is 1. The molecule has 2 aromatic rings. The number of nitrogens with one attached hydrogen (secondary N) is 1. The topological polar surface area (TPSA) is 109 Å². The van der Waals surface area contributed by atoms with E-state index < -0.39 is 18.4 Å². The first kappa shape index (κ1) is 15.3. The number of nitrogens with zero attached hydrogens (tertiary/aromatic N) is 1. The number of ketones is 1. The zero-order chi connectivity index (χ0) is 16.3. The van der Waals surface area contributed by atoms with Crippen LogP contribution in [0.5, 0.6) is 0 Å². The van der Waals surface area contributed by atoms with Gasteiger partial charge in [0.25, 0.3) is 0 Å². The van der Waals surface area contributed by atoms with Gasteiger partial charge >= 0.3 is 5.97 Å². The fourth-order valence-corrected chi connectivity index (χ4v) is 2.19. The van der Waals surface area contributed by atoms with Crippen LogP contribution in [-0.2, 0) is 9.53 Å². The number of esters is 1. The number of allylic oxidation sites excluding steroid dienone is 1. The van der Waals surface area contributed by atoms with Crippen LogP contribution >= 0.6 is 0 Å². The first-order valence-electron chi connectivity index (χ1n) is 6.59. The molecule has 6 heteroatoms. The number of hydrogen-bond donors (Lipinski definition) is 2. The van der Waals surface area contributed by atoms with Crippen LogP contribution in [0.15, 0.2) is 35.5 Å². The highest BCUT2D eigenvalue weighted by atomic mass is 16.5. The van der Waals surface area contributed by atoms with Gasteiger partial charge in [0.15, 0.2) is 6.61 Å². The number of Topliss-reactive ketones (excluding diaryl/α,β-unsaturated/α-hetero) is 1. The predicted octanol–water partition coefficient (Wildman–Crippen LogP) is 1.96. The Hall–Kier alpha value is -3.07. The Bertz CT molecular complexity index is 821. The molecular weight excluding hydrogens is 282 g/mol. The molecule has 112 valence electrons. The molecule has 1 aromatic heterocycles. The van der Waals surface area contributed by atoms with Gasteiger partial charge in [-0.3, -0.25) is 4.79 Å². The second-order valence-electron chi connectivity index (χ2n) is 4.84. The zero-order valence-corrected chi connectivity index (χ0v) is 12.3. The predicted molar refractivity (Wildman–Crippen MR) is 80.8 cm³/mol. The standard InChI is InChI=1S/C16H15N3O3/c1-9(18)12(7-17)14(20)8-22-16(21)15-10(2)19-13-6-4-3-5-11(13)15/h3-6,19H,8,18H2,1-2H3/b12-9+. The van der Waals surface area contributed by atoms with Crippen LogP contribution in [0.2, 0.25) is 0 Å². The molecule has 0 radical (unpaired) electrons. The lowest BCUT2D eigenvalue weighted by Crippen LogP contribution is -2.17. The molecule has 0 saturated carbocycles. The van der Waals surface area contributed by atoms with Crippen LogP contribution in [0.1, 0.15) is 23.0 Å². The molecule has 1 aromatic carbocycles. The molecular formula is C16H15N3O3. The summed E-state index contributed by atoms with van der Waals surface area (Å²) in [5, 5.41) is 9.57. The number of benzene rings is 1. The largest absolute Gasteiger partial charge is 0.454 e. The van der Waals surface area contributed by atoms with Gasteiger partial charge in [0.2, 0.25) is 5.78 Å². The second-order valence-corrected chi connectivity index (χ2v) is 4.84. The van der Waals surface area contributed by atoms with Crippen LogP contribution < -0.4 is 5.73 Å². The Morgan fingerprint density at radius 1 is 1.36 bits per heavy atom. The third kappa shape index (κ3) is 2.83. The maximum atomic E-state index is 12.2. The van der Waals surface area contributed by atoms with E-state index in [1.165, 1.54) is 6.92 Å². The van der Waals surface area contributed by atoms with Crippen molar-refractivity contribution in [2.45, 2.75) is 13.8 Å². The number of nitrogens with two attached hydrogens (primary N) is 1. The minimum absolute atomic E-state index is 0.104. The van der Waals surface area contributed by atoms with E-state index >= 15 is 0 Å². The van der Waals surface area contributed by atoms with Gasteiger partial charge in [0, 0.05) is 22.3 Å². The molecule has 0 spiro atoms. The van der Waals surface area contributed by atoms with Gasteiger partial charge in [-0.25, -0.2) is 4.79 Å². The molecule has 2 rings (SSSR count). The maximum Gasteiger partial charge on any atom is 0.341 e. The van der Waals surface area contributed by atoms with Crippen LogP contribution in [0.4, 0.5) is 0 Å². The van der Waals surface area contributed by atoms with Crippen LogP contribution in [-0.4, -0.2) is 23.3 Å². The molecule has 0 unspecified atom stereocenters. The van der Waals surface area contributed by atoms with Crippen molar-refractivity contribution < 1.29 is 14.3 Å². The number of ether oxygens (including phenoxy) is 1. The minimum atomic E-state index is -0.617. The fraction of sp³-hybridized carbons (Fsp3) is 0.188. The number of H-pyrrole nitrogens is 1. The van der Waals surface area contributed by atoms with Crippen LogP contribution in [0, 0.1) is 18.3 Å². The molecule has 0 aliphatic rings. The van der Waals surface area contributed by atoms with Crippen molar-refractivity contribution in [3.63, 3.8) is 0 Å². The Morgan fingerprint density at radius 3 is 2.68 bits per heavy atom. The molecule has 0 aliphatic carbocycles. The lowest BCUT2D eigenvalue weighted by Gasteiger charge is -2.05. The fourth-order valence-electron chi connectivity index (χ4n) is 2.19. The zero-order valence-electron chi connectivity index (χ0n) is 12.3. The minimum Gasteiger partial charge on any atom is -0.454 e. The highest BCUT2D eigenvalue weighted by Gasteiger charge is 2.19. The van der Waals surface area contributed by atoms with Crippen molar-refractivity contribution in [3.8, 4) is 6.07 Å². The highest BCUT2D eigenvalue weighted by molar-refractivity contribution is 6.07. The first-order valence-corrected chi connectivity index (χ1v) is 6.59. The van der Waals surface area contributed by atoms with Crippen molar-refractivity contribution >= 4 is 22.7 Å². The van der Waals surface area contributed by atoms with Gasteiger partial charge in [-0.1, -0.05) is 18.2 Å². The van der Waals surface area contributed by atoms with Gasteiger partial charge in [0.05, 0.1) is 5.56 Å². The van der Waals surface area contributed by atoms with Gasteiger partial charge in [-0.05, 0) is 19.9 Å². The third-order valence-electron chi connectivity index (χ3n) is 3.22. The number of fused-ring (bicyclic) bond motifs is 1. The number of para-hydroxylation sites is 1. The van der Waals surface area contributed by atoms with Crippen molar-refractivity contribution in [1.29, 1.82) is 5.26 Å². The number of rotatable bonds is 4. The second kappa shape index (κ2) is 6.14. The molecule has 22 heavy (non-hydrogen) atoms. The molecule has 0 bridgehead atoms. The SMILES string of the molecule is C/C(N)=C(/C#N)C(=O)COC(=O)c1c(C)[nH]c2ccccc12. The van der Waals surface area contributed by atoms with Crippen molar-refractivity contribution in [1.82, 2.24) is 4.98 Å². The molecule has 0 atom stereocenters. The molecule has 3 N–H and O–H groups in total. The number of carbonyl (C=O) groups is 2. The van der Waals surface area contributed by atoms with E-state index in [4.69, 9.17) is 15.7 Å². The van der Waals surface area contributed by atoms with Gasteiger partial charge in [0.1, 0.15) is 11.6 Å². The van der Waals surface area contributed by atoms with Gasteiger partial charge < -0.3 is 15.5 Å². The summed E-state index contributed by atoms with van der Waals surface area (Å²) in [7, 11) is 0. The van der Waals surface area contributed by atoms with Gasteiger partial charge in [-0.15, -0.1) is 0 Å². The lowest BCUT2D eigenvalue weighted by molar-refractivity contribution is -0.118. The van der Waals surface area contributed by atoms with Gasteiger partial charge in [-0.2, -0.15) is 5.26 Å². The molecule has 1 heterocycles. The van der Waals surface area contributed by atoms with E-state index in [-0.39, 0.29) is 11.3 Å². The van der Waals surface area contributed by atoms with Crippen LogP contribution in [0.3, 0.4) is 0 Å². The van der Waals surface area contributed by atoms with E-state index in [2.05, 4.69) is 4.98 Å². The number of carbonyl (C=O) groups excluding carboxylic acids is 2. The Kier molecular flexibility index (Phi) is 4.28. The summed E-state index contributed by atoms with van der Waals surface area (Å²) < 4.78 is 5.02. The van der Waals surface area contributed by atoms with E-state index in [0.717, 1.165) is 10.9 Å². The number of aromatic nitrogens is 1. The first-order chi connectivity index (χ1) is 10.5. The quantitative estimate of drug-likeness (QED) is 0.509. The van der Waals surface area contributed by atoms with Crippen molar-refractivity contribution in [2.75, 3.05) is 6.61 Å². The van der Waals surface area contributed by atoms with E-state index in [0.29, 0.717) is 11.3 Å². The van der Waals surface area contributed by atoms with E-state index in [9.17, 15) is 9.59 Å². The Morgan fingerprint density at radius 2 is 2.05 bits per heavy atom. The highest BCUT2D eigenvalue weighted by Crippen LogP contribution is 2.22. The van der Waals surface area contributed by atoms with Crippen LogP contribution in [0.25, 0.3) is 10.9 Å². The van der Waals surface area contributed by atoms with Crippen molar-refractivity contribution in [2.24, 2.45) is 5.73 Å². The summed E-state index contributed by atoms with van der Waals surface area (Å²) in [6.45, 7) is 2.68. The number of hydrogen-bond acceptors (Lipinski definition) is 5. The summed E-state index contributed by atoms with van der Waals surface area (Å²) in [6, 6.07) is 9.01. The monoisotopic (exact) mass is 297 g/mol. The number of aromatic amines is 1. The summed E-state index contributed by atoms with van der Waals surface area (Å²) >= 11 is 0. The molecule has 6 nitrogen and oxygen atoms in total. The summed E-state index contributed by atoms with van der Waals surface area (Å²) in [6.07, 6.45) is 0. The summed E-state index contributed by atoms with van der Waals surface area (Å²) in [4.78, 5) is 27.1. The smallest absolute Gasteiger partial charge is 0.341 e. The summed E-state index contributed by atoms with van der Waals surface area (Å²) in [5.74, 6) is -1.23. The van der Waals surface area contributed by atoms with Crippen molar-refractivity contribution in [3.05, 3.63) is 46.8 Å². The average molecular weight is 297 g/mol. The molecule has 0 amide bonds. The molecule has 0 saturated heterocycles. The average Bonchev–Trinajstić information content (AvgIpc) is 2.81.